The Hall–Kier alpha value is -5.73. The second-order valence-electron chi connectivity index (χ2n) is 8.69. The van der Waals surface area contributed by atoms with E-state index in [2.05, 4.69) is 0 Å². The maximum atomic E-state index is 12.7. The SMILES string of the molecule is O=C(OCCN1C(=O)C=CC1=O)c1cc(C(=O)OCCN2C(=O)C=CC2=O)cc(C(=O)OCCN2C(=O)C=CC2=O)c1. The molecule has 15 nitrogen and oxygen atoms in total. The number of carbonyl (C=O) groups excluding carboxylic acids is 9. The first kappa shape index (κ1) is 29.3. The minimum absolute atomic E-state index is 0.237. The van der Waals surface area contributed by atoms with Crippen LogP contribution in [-0.2, 0) is 43.0 Å². The van der Waals surface area contributed by atoms with Crippen LogP contribution < -0.4 is 0 Å². The lowest BCUT2D eigenvalue weighted by Crippen LogP contribution is -2.34. The van der Waals surface area contributed by atoms with Crippen LogP contribution in [0.4, 0.5) is 0 Å². The number of hydrogen-bond donors (Lipinski definition) is 0. The molecule has 1 aromatic rings. The highest BCUT2D eigenvalue weighted by Crippen LogP contribution is 2.16. The lowest BCUT2D eigenvalue weighted by molar-refractivity contribution is -0.138. The highest BCUT2D eigenvalue weighted by Gasteiger charge is 2.26. The van der Waals surface area contributed by atoms with Crippen molar-refractivity contribution >= 4 is 53.4 Å². The predicted molar refractivity (Wildman–Crippen MR) is 135 cm³/mol. The van der Waals surface area contributed by atoms with Gasteiger partial charge in [-0.25, -0.2) is 14.4 Å². The number of nitrogens with zero attached hydrogens (tertiary/aromatic N) is 3. The quantitative estimate of drug-likeness (QED) is 0.166. The summed E-state index contributed by atoms with van der Waals surface area (Å²) in [6, 6.07) is 3.20. The van der Waals surface area contributed by atoms with Gasteiger partial charge in [0.05, 0.1) is 36.3 Å². The van der Waals surface area contributed by atoms with E-state index in [0.717, 1.165) is 69.4 Å². The summed E-state index contributed by atoms with van der Waals surface area (Å²) in [5.74, 6) is -6.49. The van der Waals surface area contributed by atoms with E-state index in [1.165, 1.54) is 0 Å². The van der Waals surface area contributed by atoms with Gasteiger partial charge in [-0.05, 0) is 18.2 Å². The topological polar surface area (TPSA) is 191 Å². The fourth-order valence-electron chi connectivity index (χ4n) is 3.87. The zero-order valence-electron chi connectivity index (χ0n) is 21.7. The number of ether oxygens (including phenoxy) is 3. The van der Waals surface area contributed by atoms with Gasteiger partial charge in [-0.15, -0.1) is 0 Å². The molecule has 216 valence electrons. The molecule has 0 aliphatic carbocycles. The van der Waals surface area contributed by atoms with Crippen LogP contribution in [0.5, 0.6) is 0 Å². The van der Waals surface area contributed by atoms with E-state index >= 15 is 0 Å². The van der Waals surface area contributed by atoms with Crippen LogP contribution in [0.3, 0.4) is 0 Å². The number of benzene rings is 1. The molecule has 42 heavy (non-hydrogen) atoms. The molecule has 0 saturated carbocycles. The molecule has 4 rings (SSSR count). The summed E-state index contributed by atoms with van der Waals surface area (Å²) >= 11 is 0. The third-order valence-corrected chi connectivity index (χ3v) is 5.99. The van der Waals surface area contributed by atoms with Gasteiger partial charge in [0.2, 0.25) is 0 Å². The highest BCUT2D eigenvalue weighted by molar-refractivity contribution is 6.14. The molecule has 0 radical (unpaired) electrons. The molecule has 0 atom stereocenters. The van der Waals surface area contributed by atoms with E-state index in [1.54, 1.807) is 0 Å². The zero-order valence-corrected chi connectivity index (χ0v) is 21.7. The molecule has 0 aromatic heterocycles. The lowest BCUT2D eigenvalue weighted by Gasteiger charge is -2.15. The van der Waals surface area contributed by atoms with Gasteiger partial charge in [0.1, 0.15) is 19.8 Å². The van der Waals surface area contributed by atoms with Crippen molar-refractivity contribution in [3.8, 4) is 0 Å². The van der Waals surface area contributed by atoms with Gasteiger partial charge in [-0.1, -0.05) is 0 Å². The first-order chi connectivity index (χ1) is 20.0. The minimum Gasteiger partial charge on any atom is -0.460 e. The van der Waals surface area contributed by atoms with Gasteiger partial charge >= 0.3 is 17.9 Å². The molecular weight excluding hydrogens is 558 g/mol. The number of rotatable bonds is 12. The maximum absolute atomic E-state index is 12.7. The predicted octanol–water partition coefficient (Wildman–Crippen LogP) is -1.07. The molecule has 0 N–H and O–H groups in total. The highest BCUT2D eigenvalue weighted by atomic mass is 16.5. The van der Waals surface area contributed by atoms with Crippen molar-refractivity contribution < 1.29 is 57.4 Å². The van der Waals surface area contributed by atoms with Crippen molar-refractivity contribution in [1.29, 1.82) is 0 Å². The van der Waals surface area contributed by atoms with E-state index in [0.29, 0.717) is 0 Å². The van der Waals surface area contributed by atoms with Crippen LogP contribution in [0.25, 0.3) is 0 Å². The molecule has 3 heterocycles. The monoisotopic (exact) mass is 579 g/mol. The third-order valence-electron chi connectivity index (χ3n) is 5.99. The van der Waals surface area contributed by atoms with Gasteiger partial charge < -0.3 is 14.2 Å². The molecule has 6 amide bonds. The smallest absolute Gasteiger partial charge is 0.338 e. The molecule has 3 aliphatic rings. The van der Waals surface area contributed by atoms with E-state index in [9.17, 15) is 43.2 Å². The summed E-state index contributed by atoms with van der Waals surface area (Å²) in [4.78, 5) is 111. The number of hydrogen-bond acceptors (Lipinski definition) is 12. The van der Waals surface area contributed by atoms with Gasteiger partial charge in [0.25, 0.3) is 35.4 Å². The van der Waals surface area contributed by atoms with Gasteiger partial charge in [-0.3, -0.25) is 43.5 Å². The fraction of sp³-hybridized carbons (Fsp3) is 0.222. The van der Waals surface area contributed by atoms with Gasteiger partial charge in [0, 0.05) is 36.5 Å². The second-order valence-corrected chi connectivity index (χ2v) is 8.69. The van der Waals surface area contributed by atoms with E-state index in [-0.39, 0.29) is 56.1 Å². The molecule has 0 unspecified atom stereocenters. The molecule has 0 saturated heterocycles. The standard InChI is InChI=1S/C27H21N3O12/c31-19-1-2-20(32)28(19)7-10-40-25(37)16-13-17(26(38)41-11-8-29-21(33)3-4-22(29)34)15-18(14-16)27(39)42-12-9-30-23(35)5-6-24(30)36/h1-6,13-15H,7-12H2. The van der Waals surface area contributed by atoms with Crippen LogP contribution in [-0.4, -0.2) is 108 Å². The maximum Gasteiger partial charge on any atom is 0.338 e. The van der Waals surface area contributed by atoms with E-state index < -0.39 is 53.4 Å². The van der Waals surface area contributed by atoms with Gasteiger partial charge in [0.15, 0.2) is 0 Å². The van der Waals surface area contributed by atoms with E-state index in [1.807, 2.05) is 0 Å². The average molecular weight is 579 g/mol. The number of esters is 3. The van der Waals surface area contributed by atoms with Crippen molar-refractivity contribution in [3.63, 3.8) is 0 Å². The fourth-order valence-corrected chi connectivity index (χ4v) is 3.87. The van der Waals surface area contributed by atoms with Crippen LogP contribution in [0.15, 0.2) is 54.7 Å². The van der Waals surface area contributed by atoms with Crippen LogP contribution in [0.1, 0.15) is 31.1 Å². The van der Waals surface area contributed by atoms with E-state index in [4.69, 9.17) is 14.2 Å². The van der Waals surface area contributed by atoms with Crippen molar-refractivity contribution in [2.24, 2.45) is 0 Å². The summed E-state index contributed by atoms with van der Waals surface area (Å²) in [5, 5.41) is 0. The minimum atomic E-state index is -1.01. The van der Waals surface area contributed by atoms with Crippen molar-refractivity contribution in [2.75, 3.05) is 39.5 Å². The number of imide groups is 3. The average Bonchev–Trinajstić information content (AvgIpc) is 3.59. The number of amides is 6. The Morgan fingerprint density at radius 1 is 0.429 bits per heavy atom. The first-order valence-corrected chi connectivity index (χ1v) is 12.3. The second kappa shape index (κ2) is 12.6. The molecular formula is C27H21N3O12. The van der Waals surface area contributed by atoms with Crippen molar-refractivity contribution in [2.45, 2.75) is 0 Å². The Bertz CT molecular complexity index is 1260. The third kappa shape index (κ3) is 6.70. The summed E-state index contributed by atoms with van der Waals surface area (Å²) in [7, 11) is 0. The molecule has 0 spiro atoms. The number of carbonyl (C=O) groups is 9. The normalized spacial score (nSPS) is 15.9. The Labute approximate surface area is 236 Å². The van der Waals surface area contributed by atoms with Crippen LogP contribution >= 0.6 is 0 Å². The summed E-state index contributed by atoms with van der Waals surface area (Å²) in [5.41, 5.74) is -0.842. The molecule has 15 heteroatoms. The van der Waals surface area contributed by atoms with Crippen LogP contribution in [0, 0.1) is 0 Å². The molecule has 3 aliphatic heterocycles. The lowest BCUT2D eigenvalue weighted by atomic mass is 10.1. The largest absolute Gasteiger partial charge is 0.460 e. The molecule has 0 bridgehead atoms. The van der Waals surface area contributed by atoms with Crippen molar-refractivity contribution in [1.82, 2.24) is 14.7 Å². The van der Waals surface area contributed by atoms with Crippen LogP contribution in [0.2, 0.25) is 0 Å². The Morgan fingerprint density at radius 3 is 0.857 bits per heavy atom. The Morgan fingerprint density at radius 2 is 0.643 bits per heavy atom. The molecule has 0 fully saturated rings. The van der Waals surface area contributed by atoms with Gasteiger partial charge in [-0.2, -0.15) is 0 Å². The zero-order chi connectivity index (χ0) is 30.4. The Kier molecular flexibility index (Phi) is 8.80. The molecule has 1 aromatic carbocycles. The summed E-state index contributed by atoms with van der Waals surface area (Å²) in [6.07, 6.45) is 6.39. The first-order valence-electron chi connectivity index (χ1n) is 12.3. The summed E-state index contributed by atoms with van der Waals surface area (Å²) < 4.78 is 15.3. The summed E-state index contributed by atoms with van der Waals surface area (Å²) in [6.45, 7) is -1.87. The Balaban J connectivity index is 1.43. The van der Waals surface area contributed by atoms with Crippen molar-refractivity contribution in [3.05, 3.63) is 71.3 Å².